The highest BCUT2D eigenvalue weighted by molar-refractivity contribution is 9.10. The van der Waals surface area contributed by atoms with Crippen LogP contribution in [0.5, 0.6) is 0 Å². The van der Waals surface area contributed by atoms with E-state index in [0.29, 0.717) is 5.92 Å². The van der Waals surface area contributed by atoms with E-state index < -0.39 is 0 Å². The molecule has 1 unspecified atom stereocenters. The molecular weight excluding hydrogens is 240 g/mol. The fourth-order valence-electron chi connectivity index (χ4n) is 1.34. The molecule has 0 amide bonds. The van der Waals surface area contributed by atoms with E-state index in [4.69, 9.17) is 0 Å². The highest BCUT2D eigenvalue weighted by Crippen LogP contribution is 2.22. The molecule has 0 aromatic heterocycles. The van der Waals surface area contributed by atoms with Gasteiger partial charge in [-0.15, -0.1) is 0 Å². The Morgan fingerprint density at radius 2 is 1.71 bits per heavy atom. The van der Waals surface area contributed by atoms with Crippen LogP contribution in [0.2, 0.25) is 0 Å². The number of aliphatic hydroxyl groups excluding tert-OH is 1. The van der Waals surface area contributed by atoms with E-state index >= 15 is 0 Å². The summed E-state index contributed by atoms with van der Waals surface area (Å²) >= 11 is 3.38. The number of aliphatic hydroxyl groups is 1. The molecule has 78 valence electrons. The topological polar surface area (TPSA) is 20.2 Å². The summed E-state index contributed by atoms with van der Waals surface area (Å²) < 4.78 is 1.05. The molecule has 0 aliphatic rings. The molecule has 0 bridgehead atoms. The summed E-state index contributed by atoms with van der Waals surface area (Å²) in [5.41, 5.74) is 1.01. The maximum atomic E-state index is 9.84. The third-order valence-electron chi connectivity index (χ3n) is 2.27. The second kappa shape index (κ2) is 5.52. The quantitative estimate of drug-likeness (QED) is 0.866. The maximum absolute atomic E-state index is 9.84. The number of benzene rings is 1. The van der Waals surface area contributed by atoms with Crippen molar-refractivity contribution in [1.29, 1.82) is 0 Å². The van der Waals surface area contributed by atoms with Crippen LogP contribution >= 0.6 is 15.9 Å². The van der Waals surface area contributed by atoms with Gasteiger partial charge in [0.15, 0.2) is 0 Å². The van der Waals surface area contributed by atoms with Gasteiger partial charge in [-0.3, -0.25) is 0 Å². The van der Waals surface area contributed by atoms with Crippen LogP contribution in [-0.4, -0.2) is 5.11 Å². The molecule has 1 atom stereocenters. The predicted octanol–water partition coefficient (Wildman–Crippen LogP) is 3.92. The Bertz CT molecular complexity index is 266. The fraction of sp³-hybridized carbons (Fsp3) is 0.500. The van der Waals surface area contributed by atoms with E-state index in [1.165, 1.54) is 0 Å². The van der Waals surface area contributed by atoms with Crippen LogP contribution < -0.4 is 0 Å². The lowest BCUT2D eigenvalue weighted by atomic mass is 10.0. The molecule has 0 radical (unpaired) electrons. The van der Waals surface area contributed by atoms with Crippen molar-refractivity contribution in [2.75, 3.05) is 0 Å². The molecular formula is C12H17BrO. The van der Waals surface area contributed by atoms with Crippen LogP contribution in [0, 0.1) is 5.92 Å². The average molecular weight is 257 g/mol. The van der Waals surface area contributed by atoms with Gasteiger partial charge < -0.3 is 5.11 Å². The molecule has 0 spiro atoms. The van der Waals surface area contributed by atoms with Crippen LogP contribution in [-0.2, 0) is 0 Å². The van der Waals surface area contributed by atoms with Crippen molar-refractivity contribution >= 4 is 15.9 Å². The van der Waals surface area contributed by atoms with E-state index in [1.54, 1.807) is 0 Å². The summed E-state index contributed by atoms with van der Waals surface area (Å²) in [5, 5.41) is 9.84. The minimum Gasteiger partial charge on any atom is -0.388 e. The first-order valence-corrected chi connectivity index (χ1v) is 5.82. The van der Waals surface area contributed by atoms with Crippen LogP contribution in [0.25, 0.3) is 0 Å². The molecule has 1 aromatic rings. The lowest BCUT2D eigenvalue weighted by Crippen LogP contribution is -1.99. The van der Waals surface area contributed by atoms with Crippen molar-refractivity contribution < 1.29 is 5.11 Å². The Labute approximate surface area is 94.3 Å². The van der Waals surface area contributed by atoms with E-state index in [-0.39, 0.29) is 6.10 Å². The molecule has 0 aliphatic heterocycles. The van der Waals surface area contributed by atoms with Gasteiger partial charge in [-0.1, -0.05) is 41.9 Å². The third-order valence-corrected chi connectivity index (χ3v) is 2.80. The summed E-state index contributed by atoms with van der Waals surface area (Å²) in [7, 11) is 0. The molecule has 14 heavy (non-hydrogen) atoms. The van der Waals surface area contributed by atoms with Crippen molar-refractivity contribution in [1.82, 2.24) is 0 Å². The second-order valence-electron chi connectivity index (χ2n) is 4.04. The average Bonchev–Trinajstić information content (AvgIpc) is 2.15. The zero-order chi connectivity index (χ0) is 10.6. The lowest BCUT2D eigenvalue weighted by Gasteiger charge is -2.12. The lowest BCUT2D eigenvalue weighted by molar-refractivity contribution is 0.159. The number of halogens is 1. The monoisotopic (exact) mass is 256 g/mol. The van der Waals surface area contributed by atoms with E-state index in [2.05, 4.69) is 29.8 Å². The van der Waals surface area contributed by atoms with Crippen LogP contribution in [0.3, 0.4) is 0 Å². The highest BCUT2D eigenvalue weighted by atomic mass is 79.9. The predicted molar refractivity (Wildman–Crippen MR) is 63.2 cm³/mol. The van der Waals surface area contributed by atoms with Crippen molar-refractivity contribution in [3.63, 3.8) is 0 Å². The normalized spacial score (nSPS) is 13.2. The van der Waals surface area contributed by atoms with Gasteiger partial charge in [-0.2, -0.15) is 0 Å². The highest BCUT2D eigenvalue weighted by Gasteiger charge is 2.07. The van der Waals surface area contributed by atoms with E-state index in [9.17, 15) is 5.11 Å². The van der Waals surface area contributed by atoms with Crippen molar-refractivity contribution in [3.05, 3.63) is 34.3 Å². The summed E-state index contributed by atoms with van der Waals surface area (Å²) in [5.74, 6) is 0.653. The molecule has 0 fully saturated rings. The van der Waals surface area contributed by atoms with Gasteiger partial charge in [0.2, 0.25) is 0 Å². The first kappa shape index (κ1) is 11.7. The smallest absolute Gasteiger partial charge is 0.0790 e. The number of hydrogen-bond donors (Lipinski definition) is 1. The van der Waals surface area contributed by atoms with E-state index in [1.807, 2.05) is 24.3 Å². The number of rotatable bonds is 4. The molecule has 1 aromatic carbocycles. The first-order chi connectivity index (χ1) is 6.59. The molecule has 0 aliphatic carbocycles. The van der Waals surface area contributed by atoms with Gasteiger partial charge in [-0.05, 0) is 36.5 Å². The van der Waals surface area contributed by atoms with Gasteiger partial charge in [0.1, 0.15) is 0 Å². The molecule has 0 saturated carbocycles. The van der Waals surface area contributed by atoms with Gasteiger partial charge in [0, 0.05) is 4.47 Å². The van der Waals surface area contributed by atoms with Crippen LogP contribution in [0.15, 0.2) is 28.7 Å². The standard InChI is InChI=1S/C12H17BrO/c1-9(2)3-8-12(14)10-4-6-11(13)7-5-10/h4-7,9,12,14H,3,8H2,1-2H3. The Hall–Kier alpha value is -0.340. The van der Waals surface area contributed by atoms with Gasteiger partial charge in [0.05, 0.1) is 6.10 Å². The third kappa shape index (κ3) is 3.81. The molecule has 0 saturated heterocycles. The Morgan fingerprint density at radius 1 is 1.14 bits per heavy atom. The van der Waals surface area contributed by atoms with Crippen molar-refractivity contribution in [2.45, 2.75) is 32.8 Å². The van der Waals surface area contributed by atoms with Gasteiger partial charge in [0.25, 0.3) is 0 Å². The zero-order valence-electron chi connectivity index (χ0n) is 8.70. The van der Waals surface area contributed by atoms with Gasteiger partial charge in [-0.25, -0.2) is 0 Å². The van der Waals surface area contributed by atoms with E-state index in [0.717, 1.165) is 22.9 Å². The molecule has 0 heterocycles. The summed E-state index contributed by atoms with van der Waals surface area (Å²) in [6.07, 6.45) is 1.60. The molecule has 1 nitrogen and oxygen atoms in total. The summed E-state index contributed by atoms with van der Waals surface area (Å²) in [4.78, 5) is 0. The number of hydrogen-bond acceptors (Lipinski definition) is 1. The summed E-state index contributed by atoms with van der Waals surface area (Å²) in [6, 6.07) is 7.87. The molecule has 1 rings (SSSR count). The van der Waals surface area contributed by atoms with Gasteiger partial charge >= 0.3 is 0 Å². The Morgan fingerprint density at radius 3 is 2.21 bits per heavy atom. The zero-order valence-corrected chi connectivity index (χ0v) is 10.3. The first-order valence-electron chi connectivity index (χ1n) is 5.03. The fourth-order valence-corrected chi connectivity index (χ4v) is 1.61. The largest absolute Gasteiger partial charge is 0.388 e. The minimum atomic E-state index is -0.314. The SMILES string of the molecule is CC(C)CCC(O)c1ccc(Br)cc1. The van der Waals surface area contributed by atoms with Crippen LogP contribution in [0.1, 0.15) is 38.4 Å². The minimum absolute atomic E-state index is 0.314. The Balaban J connectivity index is 2.52. The van der Waals surface area contributed by atoms with Crippen molar-refractivity contribution in [3.8, 4) is 0 Å². The maximum Gasteiger partial charge on any atom is 0.0790 e. The summed E-state index contributed by atoms with van der Waals surface area (Å²) in [6.45, 7) is 4.35. The molecule has 1 N–H and O–H groups in total. The second-order valence-corrected chi connectivity index (χ2v) is 4.95. The Kier molecular flexibility index (Phi) is 4.63. The molecule has 2 heteroatoms. The van der Waals surface area contributed by atoms with Crippen LogP contribution in [0.4, 0.5) is 0 Å². The van der Waals surface area contributed by atoms with Crippen molar-refractivity contribution in [2.24, 2.45) is 5.92 Å².